The third-order valence-corrected chi connectivity index (χ3v) is 9.84. The Hall–Kier alpha value is -1.11. The van der Waals surface area contributed by atoms with Gasteiger partial charge in [0.05, 0.1) is 40.3 Å². The van der Waals surface area contributed by atoms with Crippen molar-refractivity contribution in [3.8, 4) is 0 Å². The number of rotatable bonds is 39. The summed E-state index contributed by atoms with van der Waals surface area (Å²) in [7, 11) is 1.52. The molecular weight excluding hydrogens is 645 g/mol. The number of ether oxygens (including phenoxy) is 2. The zero-order valence-corrected chi connectivity index (χ0v) is 34.5. The summed E-state index contributed by atoms with van der Waals surface area (Å²) in [5.74, 6) is 0. The first-order chi connectivity index (χ1) is 24.2. The van der Waals surface area contributed by atoms with E-state index in [2.05, 4.69) is 26.0 Å². The van der Waals surface area contributed by atoms with E-state index in [1.165, 1.54) is 141 Å². The molecule has 0 aliphatic heterocycles. The van der Waals surface area contributed by atoms with E-state index in [-0.39, 0.29) is 19.8 Å². The molecule has 8 heteroatoms. The second kappa shape index (κ2) is 36.3. The normalized spacial score (nSPS) is 14.3. The van der Waals surface area contributed by atoms with Crippen molar-refractivity contribution in [3.05, 3.63) is 36.8 Å². The van der Waals surface area contributed by atoms with Gasteiger partial charge < -0.3 is 27.9 Å². The van der Waals surface area contributed by atoms with E-state index in [4.69, 9.17) is 18.5 Å². The second-order valence-electron chi connectivity index (χ2n) is 15.1. The predicted molar refractivity (Wildman–Crippen MR) is 212 cm³/mol. The van der Waals surface area contributed by atoms with Gasteiger partial charge in [-0.2, -0.15) is 0 Å². The largest absolute Gasteiger partial charge is 0.756 e. The summed E-state index contributed by atoms with van der Waals surface area (Å²) in [6.45, 7) is 5.21. The quantitative estimate of drug-likeness (QED) is 0.0206. The molecule has 0 aliphatic carbocycles. The number of allylic oxidation sites excluding steroid dienone is 4. The Kier molecular flexibility index (Phi) is 35.5. The lowest BCUT2D eigenvalue weighted by molar-refractivity contribution is -0.870. The first kappa shape index (κ1) is 48.9. The highest BCUT2D eigenvalue weighted by molar-refractivity contribution is 7.45. The summed E-state index contributed by atoms with van der Waals surface area (Å²) < 4.78 is 34.7. The molecule has 0 amide bonds. The Morgan fingerprint density at radius 3 is 1.38 bits per heavy atom. The minimum Gasteiger partial charge on any atom is -0.756 e. The summed E-state index contributed by atoms with van der Waals surface area (Å²) >= 11 is 0. The van der Waals surface area contributed by atoms with Crippen LogP contribution in [0.1, 0.15) is 181 Å². The van der Waals surface area contributed by atoms with Gasteiger partial charge in [0.1, 0.15) is 19.8 Å². The van der Waals surface area contributed by atoms with Gasteiger partial charge >= 0.3 is 0 Å². The van der Waals surface area contributed by atoms with Crippen molar-refractivity contribution in [2.75, 3.05) is 47.5 Å². The summed E-state index contributed by atoms with van der Waals surface area (Å²) in [5, 5.41) is 0. The van der Waals surface area contributed by atoms with Crippen LogP contribution in [-0.2, 0) is 23.1 Å². The average Bonchev–Trinajstić information content (AvgIpc) is 3.07. The molecule has 0 aromatic heterocycles. The maximum Gasteiger partial charge on any atom is 0.268 e. The van der Waals surface area contributed by atoms with Crippen LogP contribution in [0.15, 0.2) is 36.8 Å². The Balaban J connectivity index is 4.25. The van der Waals surface area contributed by atoms with E-state index < -0.39 is 13.9 Å². The first-order valence-electron chi connectivity index (χ1n) is 20.8. The molecular formula is C42H82NO6P. The highest BCUT2D eigenvalue weighted by Gasteiger charge is 2.17. The number of unbranched alkanes of at least 4 members (excludes halogenated alkanes) is 23. The molecule has 0 aromatic carbocycles. The highest BCUT2D eigenvalue weighted by atomic mass is 31.2. The lowest BCUT2D eigenvalue weighted by atomic mass is 10.0. The van der Waals surface area contributed by atoms with Crippen LogP contribution in [0.25, 0.3) is 0 Å². The average molecular weight is 728 g/mol. The van der Waals surface area contributed by atoms with Gasteiger partial charge in [-0.1, -0.05) is 142 Å². The second-order valence-corrected chi connectivity index (χ2v) is 16.5. The minimum absolute atomic E-state index is 0.0734. The number of hydrogen-bond acceptors (Lipinski definition) is 6. The van der Waals surface area contributed by atoms with Crippen LogP contribution in [0.5, 0.6) is 0 Å². The maximum atomic E-state index is 12.3. The van der Waals surface area contributed by atoms with Crippen LogP contribution in [0.4, 0.5) is 0 Å². The molecule has 0 N–H and O–H groups in total. The topological polar surface area (TPSA) is 77.1 Å². The van der Waals surface area contributed by atoms with Crippen LogP contribution in [0.3, 0.4) is 0 Å². The van der Waals surface area contributed by atoms with E-state index in [0.29, 0.717) is 11.0 Å². The molecule has 296 valence electrons. The van der Waals surface area contributed by atoms with Crippen LogP contribution in [-0.4, -0.2) is 58.1 Å². The summed E-state index contributed by atoms with van der Waals surface area (Å²) in [5.41, 5.74) is 0. The van der Waals surface area contributed by atoms with E-state index >= 15 is 0 Å². The molecule has 0 fully saturated rings. The zero-order chi connectivity index (χ0) is 36.9. The van der Waals surface area contributed by atoms with Gasteiger partial charge in [0, 0.05) is 0 Å². The van der Waals surface area contributed by atoms with Crippen molar-refractivity contribution in [1.82, 2.24) is 0 Å². The fraction of sp³-hybridized carbons (Fsp3) is 0.857. The molecule has 50 heavy (non-hydrogen) atoms. The van der Waals surface area contributed by atoms with Crippen LogP contribution in [0, 0.1) is 0 Å². The van der Waals surface area contributed by atoms with Gasteiger partial charge in [-0.15, -0.1) is 0 Å². The fourth-order valence-electron chi connectivity index (χ4n) is 5.56. The summed E-state index contributed by atoms with van der Waals surface area (Å²) in [6, 6.07) is 0. The van der Waals surface area contributed by atoms with E-state index in [9.17, 15) is 9.46 Å². The van der Waals surface area contributed by atoms with Gasteiger partial charge in [-0.3, -0.25) is 4.57 Å². The lowest BCUT2D eigenvalue weighted by Crippen LogP contribution is -2.37. The van der Waals surface area contributed by atoms with E-state index in [1.54, 1.807) is 12.5 Å². The predicted octanol–water partition coefficient (Wildman–Crippen LogP) is 12.4. The van der Waals surface area contributed by atoms with Crippen molar-refractivity contribution in [2.45, 2.75) is 187 Å². The molecule has 1 unspecified atom stereocenters. The van der Waals surface area contributed by atoms with Gasteiger partial charge in [0.2, 0.25) is 0 Å². The Morgan fingerprint density at radius 2 is 0.940 bits per heavy atom. The third-order valence-electron chi connectivity index (χ3n) is 8.88. The number of likely N-dealkylation sites (N-methyl/N-ethyl adjacent to an activating group) is 1. The first-order valence-corrected chi connectivity index (χ1v) is 22.3. The molecule has 0 rings (SSSR count). The minimum atomic E-state index is -4.43. The molecule has 2 atom stereocenters. The molecule has 0 spiro atoms. The van der Waals surface area contributed by atoms with E-state index in [0.717, 1.165) is 25.7 Å². The van der Waals surface area contributed by atoms with Gasteiger partial charge in [-0.05, 0) is 63.5 Å². The maximum absolute atomic E-state index is 12.3. The molecule has 7 nitrogen and oxygen atoms in total. The molecule has 0 radical (unpaired) electrons. The van der Waals surface area contributed by atoms with Crippen LogP contribution < -0.4 is 4.89 Å². The number of phosphoric ester groups is 1. The van der Waals surface area contributed by atoms with Crippen LogP contribution >= 0.6 is 7.82 Å². The highest BCUT2D eigenvalue weighted by Crippen LogP contribution is 2.38. The number of quaternary nitrogens is 1. The SMILES string of the molecule is CCCCCCCC/C=C\CCCCCC/C=C\OC[C@H](COP(=O)([O-])OCC[N+](C)(C)C)O/C=C\CCCCCCCCCCCCCC. The number of nitrogens with zero attached hydrogens (tertiary/aromatic N) is 1. The number of phosphoric acid groups is 1. The summed E-state index contributed by atoms with van der Waals surface area (Å²) in [4.78, 5) is 12.3. The Labute approximate surface area is 310 Å². The smallest absolute Gasteiger partial charge is 0.268 e. The van der Waals surface area contributed by atoms with Crippen molar-refractivity contribution in [3.63, 3.8) is 0 Å². The monoisotopic (exact) mass is 728 g/mol. The Bertz CT molecular complexity index is 841. The van der Waals surface area contributed by atoms with E-state index in [1.807, 2.05) is 33.3 Å². The molecule has 0 aromatic rings. The van der Waals surface area contributed by atoms with Crippen molar-refractivity contribution < 1.29 is 32.5 Å². The van der Waals surface area contributed by atoms with Crippen LogP contribution in [0.2, 0.25) is 0 Å². The van der Waals surface area contributed by atoms with Gasteiger partial charge in [-0.25, -0.2) is 0 Å². The number of hydrogen-bond donors (Lipinski definition) is 0. The Morgan fingerprint density at radius 1 is 0.540 bits per heavy atom. The van der Waals surface area contributed by atoms with Crippen molar-refractivity contribution in [1.29, 1.82) is 0 Å². The third kappa shape index (κ3) is 39.7. The molecule has 0 saturated heterocycles. The fourth-order valence-corrected chi connectivity index (χ4v) is 6.29. The standard InChI is InChI=1S/C42H82NO6P/c1-6-8-10-12-14-16-18-20-22-23-24-26-28-30-32-34-37-46-40-42(41-49-50(44,45)48-39-36-43(3,4)5)47-38-35-33-31-29-27-25-21-19-17-15-13-11-9-7-2/h20,22,34-35,37-38,42H,6-19,21,23-33,36,39-41H2,1-5H3/b22-20-,37-34-,38-35-/t42-/m1/s1. The lowest BCUT2D eigenvalue weighted by Gasteiger charge is -2.28. The molecule has 0 aliphatic rings. The van der Waals surface area contributed by atoms with Crippen molar-refractivity contribution in [2.24, 2.45) is 0 Å². The van der Waals surface area contributed by atoms with Gasteiger partial charge in [0.15, 0.2) is 6.10 Å². The molecule has 0 saturated carbocycles. The van der Waals surface area contributed by atoms with Crippen molar-refractivity contribution >= 4 is 7.82 Å². The molecule has 0 heterocycles. The zero-order valence-electron chi connectivity index (χ0n) is 33.6. The summed E-state index contributed by atoms with van der Waals surface area (Å²) in [6.07, 6.45) is 44.9. The van der Waals surface area contributed by atoms with Gasteiger partial charge in [0.25, 0.3) is 7.82 Å². The molecule has 0 bridgehead atoms.